The summed E-state index contributed by atoms with van der Waals surface area (Å²) in [6.45, 7) is 6.33. The van der Waals surface area contributed by atoms with Crippen LogP contribution in [0.4, 0.5) is 5.69 Å². The van der Waals surface area contributed by atoms with Crippen molar-refractivity contribution in [3.63, 3.8) is 0 Å². The molecule has 0 saturated heterocycles. The van der Waals surface area contributed by atoms with E-state index in [2.05, 4.69) is 12.5 Å². The minimum absolute atomic E-state index is 0.0731. The first-order chi connectivity index (χ1) is 8.71. The lowest BCUT2D eigenvalue weighted by molar-refractivity contribution is -0.135. The number of nitrogens with zero attached hydrogens (tertiary/aromatic N) is 1. The standard InChI is InChI=1S/C15H15NO2/c1-4-11-18-15(5-2)12-9-7-8-10-13(12)16(6-3)14(15)17/h1,5,7-10H,2,6,11H2,3H3. The molecule has 18 heavy (non-hydrogen) atoms. The molecule has 1 amide bonds. The van der Waals surface area contributed by atoms with Crippen molar-refractivity contribution in [2.45, 2.75) is 12.5 Å². The molecule has 92 valence electrons. The number of ether oxygens (including phenoxy) is 1. The number of hydrogen-bond acceptors (Lipinski definition) is 2. The van der Waals surface area contributed by atoms with E-state index in [1.807, 2.05) is 31.2 Å². The Bertz CT molecular complexity index is 530. The van der Waals surface area contributed by atoms with Gasteiger partial charge in [-0.25, -0.2) is 0 Å². The third-order valence-electron chi connectivity index (χ3n) is 3.14. The number of benzene rings is 1. The van der Waals surface area contributed by atoms with E-state index in [1.54, 1.807) is 4.90 Å². The number of likely N-dealkylation sites (N-methyl/N-ethyl adjacent to an activating group) is 1. The lowest BCUT2D eigenvalue weighted by Crippen LogP contribution is -2.41. The molecule has 1 aromatic carbocycles. The van der Waals surface area contributed by atoms with E-state index in [-0.39, 0.29) is 12.5 Å². The molecule has 0 bridgehead atoms. The zero-order chi connectivity index (χ0) is 13.2. The Balaban J connectivity index is 2.57. The molecule has 0 spiro atoms. The molecule has 0 aromatic heterocycles. The van der Waals surface area contributed by atoms with Crippen LogP contribution in [0, 0.1) is 12.3 Å². The van der Waals surface area contributed by atoms with Crippen LogP contribution in [0.1, 0.15) is 12.5 Å². The van der Waals surface area contributed by atoms with Crippen molar-refractivity contribution in [3.05, 3.63) is 42.5 Å². The molecule has 1 heterocycles. The molecule has 1 aliphatic heterocycles. The van der Waals surface area contributed by atoms with Crippen LogP contribution in [0.3, 0.4) is 0 Å². The van der Waals surface area contributed by atoms with Crippen molar-refractivity contribution >= 4 is 11.6 Å². The molecule has 0 N–H and O–H groups in total. The monoisotopic (exact) mass is 241 g/mol. The molecule has 1 unspecified atom stereocenters. The summed E-state index contributed by atoms with van der Waals surface area (Å²) in [6.07, 6.45) is 6.75. The third kappa shape index (κ3) is 1.54. The summed E-state index contributed by atoms with van der Waals surface area (Å²) < 4.78 is 5.61. The van der Waals surface area contributed by atoms with Crippen molar-refractivity contribution in [3.8, 4) is 12.3 Å². The second-order valence-corrected chi connectivity index (χ2v) is 4.00. The fraction of sp³-hybridized carbons (Fsp3) is 0.267. The number of carbonyl (C=O) groups is 1. The Morgan fingerprint density at radius 3 is 2.89 bits per heavy atom. The molecule has 2 rings (SSSR count). The van der Waals surface area contributed by atoms with Crippen LogP contribution in [0.25, 0.3) is 0 Å². The average molecular weight is 241 g/mol. The second kappa shape index (κ2) is 4.67. The first kappa shape index (κ1) is 12.4. The van der Waals surface area contributed by atoms with Gasteiger partial charge in [-0.15, -0.1) is 6.42 Å². The van der Waals surface area contributed by atoms with Gasteiger partial charge in [0, 0.05) is 12.1 Å². The van der Waals surface area contributed by atoms with E-state index in [0.29, 0.717) is 6.54 Å². The minimum Gasteiger partial charge on any atom is -0.344 e. The van der Waals surface area contributed by atoms with Crippen LogP contribution in [0.5, 0.6) is 0 Å². The summed E-state index contributed by atoms with van der Waals surface area (Å²) in [5.41, 5.74) is 0.530. The van der Waals surface area contributed by atoms with Crippen LogP contribution in [0.2, 0.25) is 0 Å². The molecule has 1 aromatic rings. The number of carbonyl (C=O) groups excluding carboxylic acids is 1. The van der Waals surface area contributed by atoms with E-state index < -0.39 is 5.60 Å². The van der Waals surface area contributed by atoms with Gasteiger partial charge in [-0.2, -0.15) is 0 Å². The van der Waals surface area contributed by atoms with Gasteiger partial charge in [-0.05, 0) is 19.1 Å². The van der Waals surface area contributed by atoms with Crippen molar-refractivity contribution in [2.75, 3.05) is 18.1 Å². The largest absolute Gasteiger partial charge is 0.344 e. The summed E-state index contributed by atoms with van der Waals surface area (Å²) in [4.78, 5) is 14.2. The van der Waals surface area contributed by atoms with Crippen molar-refractivity contribution in [2.24, 2.45) is 0 Å². The van der Waals surface area contributed by atoms with Crippen LogP contribution >= 0.6 is 0 Å². The van der Waals surface area contributed by atoms with Gasteiger partial charge in [0.1, 0.15) is 6.61 Å². The predicted molar refractivity (Wildman–Crippen MR) is 71.1 cm³/mol. The summed E-state index contributed by atoms with van der Waals surface area (Å²) >= 11 is 0. The Hall–Kier alpha value is -2.05. The summed E-state index contributed by atoms with van der Waals surface area (Å²) in [7, 11) is 0. The maximum atomic E-state index is 12.5. The Kier molecular flexibility index (Phi) is 3.22. The molecule has 1 aliphatic rings. The highest BCUT2D eigenvalue weighted by molar-refractivity contribution is 6.08. The van der Waals surface area contributed by atoms with Crippen LogP contribution < -0.4 is 4.90 Å². The van der Waals surface area contributed by atoms with E-state index in [0.717, 1.165) is 11.3 Å². The smallest absolute Gasteiger partial charge is 0.268 e. The van der Waals surface area contributed by atoms with Gasteiger partial charge in [-0.3, -0.25) is 4.79 Å². The third-order valence-corrected chi connectivity index (χ3v) is 3.14. The molecule has 3 heteroatoms. The van der Waals surface area contributed by atoms with Crippen LogP contribution in [-0.4, -0.2) is 19.1 Å². The zero-order valence-electron chi connectivity index (χ0n) is 10.3. The summed E-state index contributed by atoms with van der Waals surface area (Å²) in [5, 5.41) is 0. The highest BCUT2D eigenvalue weighted by Crippen LogP contribution is 2.43. The Labute approximate surface area is 107 Å². The Morgan fingerprint density at radius 2 is 2.28 bits per heavy atom. The number of fused-ring (bicyclic) bond motifs is 1. The quantitative estimate of drug-likeness (QED) is 0.596. The second-order valence-electron chi connectivity index (χ2n) is 4.00. The molecular weight excluding hydrogens is 226 g/mol. The van der Waals surface area contributed by atoms with Gasteiger partial charge in [0.25, 0.3) is 5.91 Å². The van der Waals surface area contributed by atoms with E-state index >= 15 is 0 Å². The molecule has 0 saturated carbocycles. The number of hydrogen-bond donors (Lipinski definition) is 0. The first-order valence-electron chi connectivity index (χ1n) is 5.83. The van der Waals surface area contributed by atoms with Gasteiger partial charge in [-0.1, -0.05) is 30.7 Å². The van der Waals surface area contributed by atoms with Gasteiger partial charge in [0.2, 0.25) is 0 Å². The van der Waals surface area contributed by atoms with Gasteiger partial charge < -0.3 is 9.64 Å². The molecule has 0 fully saturated rings. The molecular formula is C15H15NO2. The fourth-order valence-electron chi connectivity index (χ4n) is 2.31. The lowest BCUT2D eigenvalue weighted by Gasteiger charge is -2.24. The van der Waals surface area contributed by atoms with E-state index in [1.165, 1.54) is 6.08 Å². The maximum Gasteiger partial charge on any atom is 0.268 e. The SMILES string of the molecule is C#CCOC1(C=C)C(=O)N(CC)c2ccccc21. The summed E-state index contributed by atoms with van der Waals surface area (Å²) in [6, 6.07) is 7.56. The topological polar surface area (TPSA) is 29.5 Å². The molecule has 0 aliphatic carbocycles. The highest BCUT2D eigenvalue weighted by Gasteiger charge is 2.49. The predicted octanol–water partition coefficient (Wildman–Crippen LogP) is 2.08. The van der Waals surface area contributed by atoms with Gasteiger partial charge in [0.15, 0.2) is 5.60 Å². The highest BCUT2D eigenvalue weighted by atomic mass is 16.5. The normalized spacial score (nSPS) is 21.6. The number of amides is 1. The van der Waals surface area contributed by atoms with Crippen molar-refractivity contribution in [1.82, 2.24) is 0 Å². The van der Waals surface area contributed by atoms with Gasteiger partial charge in [0.05, 0.1) is 5.69 Å². The molecule has 1 atom stereocenters. The number of para-hydroxylation sites is 1. The zero-order valence-corrected chi connectivity index (χ0v) is 10.3. The molecule has 0 radical (unpaired) electrons. The molecule has 3 nitrogen and oxygen atoms in total. The first-order valence-corrected chi connectivity index (χ1v) is 5.83. The van der Waals surface area contributed by atoms with Crippen molar-refractivity contribution < 1.29 is 9.53 Å². The van der Waals surface area contributed by atoms with Gasteiger partial charge >= 0.3 is 0 Å². The average Bonchev–Trinajstić information content (AvgIpc) is 2.65. The van der Waals surface area contributed by atoms with Crippen molar-refractivity contribution in [1.29, 1.82) is 0 Å². The summed E-state index contributed by atoms with van der Waals surface area (Å²) in [5.74, 6) is 2.27. The Morgan fingerprint density at radius 1 is 1.56 bits per heavy atom. The van der Waals surface area contributed by atoms with E-state index in [9.17, 15) is 4.79 Å². The fourth-order valence-corrected chi connectivity index (χ4v) is 2.31. The van der Waals surface area contributed by atoms with E-state index in [4.69, 9.17) is 11.2 Å². The number of terminal acetylenes is 1. The van der Waals surface area contributed by atoms with Crippen LogP contribution in [0.15, 0.2) is 36.9 Å². The maximum absolute atomic E-state index is 12.5. The lowest BCUT2D eigenvalue weighted by atomic mass is 9.95. The number of anilines is 1. The van der Waals surface area contributed by atoms with Crippen LogP contribution in [-0.2, 0) is 15.1 Å². The minimum atomic E-state index is -1.14. The number of rotatable bonds is 4.